The van der Waals surface area contributed by atoms with Crippen LogP contribution in [-0.2, 0) is 9.59 Å². The second-order valence-corrected chi connectivity index (χ2v) is 12.2. The van der Waals surface area contributed by atoms with Gasteiger partial charge in [-0.2, -0.15) is 0 Å². The Balaban J connectivity index is 0.000000767. The largest absolute Gasteiger partial charge is 0.359 e. The molecule has 40 heavy (non-hydrogen) atoms. The standard InChI is InChI=1S/C18H19Cl2FN2O.C5H10.C5H12.C4H9NO/c1-2-13(19)6-4-3-5-12-9-22-10-15(12)14-7-17(21)16(20)8-18(14)23-11-24;1-2-4-5-3-1;1-5(2,3)4;1-2-3-5-4-6/h2-4,6-8,11-12,15,22H,1,5,9-10H2,(H,23,24);1-5H2;1-4H3;4H,2-3H2,1H3,(H,5,6)/b4-3-,13-6+;;;/t12-,15+;;;/m0.../s1. The lowest BCUT2D eigenvalue weighted by molar-refractivity contribution is -0.109. The topological polar surface area (TPSA) is 70.2 Å². The zero-order valence-corrected chi connectivity index (χ0v) is 26.5. The van der Waals surface area contributed by atoms with E-state index in [1.807, 2.05) is 19.1 Å². The molecule has 1 aromatic carbocycles. The molecule has 2 aliphatic rings. The molecule has 0 radical (unpaired) electrons. The molecular weight excluding hydrogens is 548 g/mol. The number of nitrogens with one attached hydrogen (secondary N) is 3. The second-order valence-electron chi connectivity index (χ2n) is 11.4. The molecule has 5 nitrogen and oxygen atoms in total. The van der Waals surface area contributed by atoms with Crippen LogP contribution in [0.2, 0.25) is 5.02 Å². The molecule has 1 aliphatic heterocycles. The number of carbonyl (C=O) groups is 2. The quantitative estimate of drug-likeness (QED) is 0.143. The van der Waals surface area contributed by atoms with E-state index in [0.29, 0.717) is 29.0 Å². The molecule has 1 aromatic rings. The normalized spacial score (nSPS) is 18.4. The maximum atomic E-state index is 13.9. The third-order valence-electron chi connectivity index (χ3n) is 5.80. The Bertz CT molecular complexity index is 912. The van der Waals surface area contributed by atoms with Crippen molar-refractivity contribution in [1.82, 2.24) is 10.6 Å². The van der Waals surface area contributed by atoms with Crippen LogP contribution in [-0.4, -0.2) is 32.5 Å². The highest BCUT2D eigenvalue weighted by Gasteiger charge is 2.30. The van der Waals surface area contributed by atoms with E-state index in [0.717, 1.165) is 38.0 Å². The predicted molar refractivity (Wildman–Crippen MR) is 171 cm³/mol. The van der Waals surface area contributed by atoms with Gasteiger partial charge in [-0.15, -0.1) is 0 Å². The Labute approximate surface area is 252 Å². The molecule has 2 amide bonds. The van der Waals surface area contributed by atoms with Crippen LogP contribution in [0, 0.1) is 17.2 Å². The number of rotatable bonds is 10. The molecule has 1 heterocycles. The Morgan fingerprint density at radius 3 is 2.17 bits per heavy atom. The zero-order valence-electron chi connectivity index (χ0n) is 25.0. The molecular formula is C32H50Cl2FN3O2. The van der Waals surface area contributed by atoms with Gasteiger partial charge in [0.2, 0.25) is 12.8 Å². The highest BCUT2D eigenvalue weighted by Crippen LogP contribution is 2.37. The van der Waals surface area contributed by atoms with E-state index in [9.17, 15) is 14.0 Å². The molecule has 3 N–H and O–H groups in total. The van der Waals surface area contributed by atoms with E-state index < -0.39 is 5.82 Å². The highest BCUT2D eigenvalue weighted by atomic mass is 35.5. The van der Waals surface area contributed by atoms with E-state index in [1.54, 1.807) is 12.2 Å². The summed E-state index contributed by atoms with van der Waals surface area (Å²) in [6.45, 7) is 16.7. The summed E-state index contributed by atoms with van der Waals surface area (Å²) >= 11 is 11.7. The van der Waals surface area contributed by atoms with Gasteiger partial charge in [0.05, 0.1) is 5.02 Å². The maximum Gasteiger partial charge on any atom is 0.211 e. The van der Waals surface area contributed by atoms with Crippen LogP contribution in [0.1, 0.15) is 91.0 Å². The summed E-state index contributed by atoms with van der Waals surface area (Å²) in [5.74, 6) is -0.113. The molecule has 0 bridgehead atoms. The summed E-state index contributed by atoms with van der Waals surface area (Å²) in [6.07, 6.45) is 17.9. The van der Waals surface area contributed by atoms with Crippen LogP contribution >= 0.6 is 23.2 Å². The number of benzene rings is 1. The molecule has 2 fully saturated rings. The Kier molecular flexibility index (Phi) is 21.3. The van der Waals surface area contributed by atoms with Gasteiger partial charge in [0.1, 0.15) is 5.82 Å². The first-order valence-corrected chi connectivity index (χ1v) is 15.0. The van der Waals surface area contributed by atoms with Crippen LogP contribution in [0.5, 0.6) is 0 Å². The van der Waals surface area contributed by atoms with Gasteiger partial charge in [-0.3, -0.25) is 9.59 Å². The monoisotopic (exact) mass is 597 g/mol. The Morgan fingerprint density at radius 2 is 1.70 bits per heavy atom. The number of hydrogen-bond acceptors (Lipinski definition) is 3. The van der Waals surface area contributed by atoms with Crippen LogP contribution in [0.25, 0.3) is 0 Å². The van der Waals surface area contributed by atoms with Crippen molar-refractivity contribution in [2.75, 3.05) is 25.0 Å². The molecule has 1 saturated heterocycles. The minimum absolute atomic E-state index is 0.00490. The fourth-order valence-electron chi connectivity index (χ4n) is 3.97. The number of hydrogen-bond donors (Lipinski definition) is 3. The van der Waals surface area contributed by atoms with Crippen molar-refractivity contribution in [3.05, 3.63) is 64.5 Å². The van der Waals surface area contributed by atoms with Gasteiger partial charge < -0.3 is 16.0 Å². The van der Waals surface area contributed by atoms with Crippen LogP contribution in [0.15, 0.2) is 48.0 Å². The number of anilines is 1. The first-order valence-electron chi connectivity index (χ1n) is 14.2. The van der Waals surface area contributed by atoms with E-state index in [4.69, 9.17) is 23.2 Å². The Hall–Kier alpha value is -2.15. The molecule has 2 atom stereocenters. The van der Waals surface area contributed by atoms with Crippen LogP contribution in [0.4, 0.5) is 10.1 Å². The molecule has 226 valence electrons. The number of amides is 2. The lowest BCUT2D eigenvalue weighted by Crippen LogP contribution is -2.13. The van der Waals surface area contributed by atoms with Gasteiger partial charge >= 0.3 is 0 Å². The first-order chi connectivity index (χ1) is 19.0. The van der Waals surface area contributed by atoms with Crippen molar-refractivity contribution in [2.45, 2.75) is 85.5 Å². The third kappa shape index (κ3) is 19.0. The summed E-state index contributed by atoms with van der Waals surface area (Å²) in [4.78, 5) is 20.3. The van der Waals surface area contributed by atoms with E-state index in [1.165, 1.54) is 44.2 Å². The summed E-state index contributed by atoms with van der Waals surface area (Å²) in [5.41, 5.74) is 1.81. The number of allylic oxidation sites excluding steroid dienone is 5. The van der Waals surface area contributed by atoms with Crippen molar-refractivity contribution < 1.29 is 14.0 Å². The summed E-state index contributed by atoms with van der Waals surface area (Å²) in [6, 6.07) is 2.87. The number of halogens is 3. The minimum atomic E-state index is -0.481. The van der Waals surface area contributed by atoms with Crippen molar-refractivity contribution in [2.24, 2.45) is 11.3 Å². The van der Waals surface area contributed by atoms with Gasteiger partial charge in [-0.05, 0) is 54.5 Å². The predicted octanol–water partition coefficient (Wildman–Crippen LogP) is 8.75. The van der Waals surface area contributed by atoms with Crippen molar-refractivity contribution in [3.8, 4) is 0 Å². The molecule has 0 aromatic heterocycles. The average Bonchev–Trinajstić information content (AvgIpc) is 3.62. The van der Waals surface area contributed by atoms with E-state index >= 15 is 0 Å². The van der Waals surface area contributed by atoms with Gasteiger partial charge in [0.25, 0.3) is 0 Å². The second kappa shape index (κ2) is 22.5. The van der Waals surface area contributed by atoms with Crippen molar-refractivity contribution in [3.63, 3.8) is 0 Å². The summed E-state index contributed by atoms with van der Waals surface area (Å²) in [7, 11) is 0. The minimum Gasteiger partial charge on any atom is -0.359 e. The van der Waals surface area contributed by atoms with E-state index in [-0.39, 0.29) is 16.9 Å². The maximum absolute atomic E-state index is 13.9. The molecule has 0 spiro atoms. The third-order valence-corrected chi connectivity index (χ3v) is 6.37. The lowest BCUT2D eigenvalue weighted by Gasteiger charge is -2.21. The van der Waals surface area contributed by atoms with Crippen LogP contribution < -0.4 is 16.0 Å². The van der Waals surface area contributed by atoms with Gasteiger partial charge in [-0.1, -0.05) is 115 Å². The van der Waals surface area contributed by atoms with Crippen molar-refractivity contribution >= 4 is 41.7 Å². The van der Waals surface area contributed by atoms with Gasteiger partial charge in [0, 0.05) is 29.7 Å². The molecule has 1 aliphatic carbocycles. The highest BCUT2D eigenvalue weighted by molar-refractivity contribution is 6.31. The Morgan fingerprint density at radius 1 is 1.10 bits per heavy atom. The van der Waals surface area contributed by atoms with Crippen LogP contribution in [0.3, 0.4) is 0 Å². The fraction of sp³-hybridized carbons (Fsp3) is 0.562. The smallest absolute Gasteiger partial charge is 0.211 e. The van der Waals surface area contributed by atoms with Crippen molar-refractivity contribution in [1.29, 1.82) is 0 Å². The van der Waals surface area contributed by atoms with E-state index in [2.05, 4.69) is 50.2 Å². The SMILES string of the molecule is C1CCCC1.C=C/C(Cl)=C\C=C/C[C@H]1CNC[C@H]1c1cc(F)c(Cl)cc1NC=O.CC(C)(C)C.CCCNC=O. The molecule has 0 unspecified atom stereocenters. The molecule has 8 heteroatoms. The zero-order chi connectivity index (χ0) is 30.4. The molecule has 3 rings (SSSR count). The average molecular weight is 599 g/mol. The fourth-order valence-corrected chi connectivity index (χ4v) is 4.21. The van der Waals surface area contributed by atoms with Gasteiger partial charge in [-0.25, -0.2) is 4.39 Å². The van der Waals surface area contributed by atoms with Gasteiger partial charge in [0.15, 0.2) is 0 Å². The number of carbonyl (C=O) groups excluding carboxylic acids is 2. The summed E-state index contributed by atoms with van der Waals surface area (Å²) in [5, 5.41) is 9.02. The lowest BCUT2D eigenvalue weighted by atomic mass is 9.85. The first kappa shape index (κ1) is 37.9. The molecule has 1 saturated carbocycles. The summed E-state index contributed by atoms with van der Waals surface area (Å²) < 4.78 is 13.9.